The first-order valence-corrected chi connectivity index (χ1v) is 3.61. The van der Waals surface area contributed by atoms with Crippen LogP contribution in [-0.2, 0) is 0 Å². The molecular weight excluding hydrogens is 170 g/mol. The first-order valence-electron chi connectivity index (χ1n) is 3.61. The van der Waals surface area contributed by atoms with Crippen molar-refractivity contribution in [1.29, 1.82) is 0 Å². The van der Waals surface area contributed by atoms with Crippen LogP contribution < -0.4 is 5.73 Å². The van der Waals surface area contributed by atoms with Crippen LogP contribution in [0.15, 0.2) is 42.5 Å². The molecule has 0 unspecified atom stereocenters. The highest BCUT2D eigenvalue weighted by Crippen LogP contribution is 2.26. The van der Waals surface area contributed by atoms with E-state index in [1.54, 1.807) is 0 Å². The van der Waals surface area contributed by atoms with Crippen molar-refractivity contribution in [2.75, 3.05) is 5.73 Å². The fraction of sp³-hybridized carbons (Fsp3) is 0. The van der Waals surface area contributed by atoms with E-state index in [1.165, 1.54) is 5.56 Å². The maximum atomic E-state index is 5.78. The van der Waals surface area contributed by atoms with E-state index >= 15 is 0 Å². The number of nitrogens with two attached hydrogens (primary N) is 1. The average Bonchev–Trinajstić information content (AvgIpc) is 2.40. The molecule has 0 bridgehead atoms. The molecule has 0 heterocycles. The van der Waals surface area contributed by atoms with Gasteiger partial charge in [-0.15, -0.1) is 12.4 Å². The first-order chi connectivity index (χ1) is 5.38. The third-order valence-corrected chi connectivity index (χ3v) is 1.82. The molecule has 0 aromatic carbocycles. The average molecular weight is 180 g/mol. The van der Waals surface area contributed by atoms with Crippen LogP contribution in [0.5, 0.6) is 0 Å². The number of fused-ring (bicyclic) bond motifs is 1. The molecule has 0 atom stereocenters. The number of hydrogen-bond acceptors (Lipinski definition) is 1. The Morgan fingerprint density at radius 2 is 1.50 bits per heavy atom. The standard InChI is InChI=1S/C10H9N.ClH/c11-10-7-2-1-4-8-5-3-6-9(8)10;/h1-7H,11H2;1H. The van der Waals surface area contributed by atoms with E-state index in [0.717, 1.165) is 11.3 Å². The van der Waals surface area contributed by atoms with Crippen molar-refractivity contribution in [2.45, 2.75) is 0 Å². The molecule has 0 radical (unpaired) electrons. The van der Waals surface area contributed by atoms with Gasteiger partial charge in [0.25, 0.3) is 0 Å². The van der Waals surface area contributed by atoms with Crippen LogP contribution in [0.3, 0.4) is 0 Å². The molecule has 0 amide bonds. The van der Waals surface area contributed by atoms with Crippen LogP contribution in [0.2, 0.25) is 0 Å². The zero-order valence-electron chi connectivity index (χ0n) is 6.53. The highest BCUT2D eigenvalue weighted by Gasteiger charge is 2.00. The van der Waals surface area contributed by atoms with Crippen molar-refractivity contribution in [1.82, 2.24) is 0 Å². The van der Waals surface area contributed by atoms with Gasteiger partial charge in [0.1, 0.15) is 0 Å². The van der Waals surface area contributed by atoms with E-state index < -0.39 is 0 Å². The number of anilines is 1. The summed E-state index contributed by atoms with van der Waals surface area (Å²) in [6.45, 7) is 0. The minimum atomic E-state index is 0. The van der Waals surface area contributed by atoms with Crippen LogP contribution in [0.1, 0.15) is 0 Å². The van der Waals surface area contributed by atoms with Gasteiger partial charge in [0.05, 0.1) is 0 Å². The Labute approximate surface area is 78.0 Å². The fourth-order valence-corrected chi connectivity index (χ4v) is 1.25. The summed E-state index contributed by atoms with van der Waals surface area (Å²) in [4.78, 5) is 0. The van der Waals surface area contributed by atoms with Gasteiger partial charge in [0.15, 0.2) is 0 Å². The highest BCUT2D eigenvalue weighted by molar-refractivity contribution is 5.85. The van der Waals surface area contributed by atoms with Gasteiger partial charge in [-0.3, -0.25) is 0 Å². The Balaban J connectivity index is 0.000000720. The van der Waals surface area contributed by atoms with Crippen molar-refractivity contribution < 1.29 is 0 Å². The SMILES string of the molecule is Cl.Nc1ccccc2cccc1-2. The summed E-state index contributed by atoms with van der Waals surface area (Å²) in [5, 5.41) is 0. The van der Waals surface area contributed by atoms with Gasteiger partial charge in [-0.2, -0.15) is 0 Å². The molecule has 0 saturated heterocycles. The third-order valence-electron chi connectivity index (χ3n) is 1.82. The number of rotatable bonds is 0. The molecule has 0 aliphatic heterocycles. The molecule has 0 aromatic rings. The normalized spacial score (nSPS) is 9.33. The lowest BCUT2D eigenvalue weighted by molar-refractivity contribution is 1.78. The quantitative estimate of drug-likeness (QED) is 0.661. The number of hydrogen-bond donors (Lipinski definition) is 1. The highest BCUT2D eigenvalue weighted by atomic mass is 35.5. The van der Waals surface area contributed by atoms with Crippen LogP contribution in [-0.4, -0.2) is 0 Å². The Bertz CT molecular complexity index is 346. The lowest BCUT2D eigenvalue weighted by Crippen LogP contribution is -1.83. The van der Waals surface area contributed by atoms with E-state index in [0.29, 0.717) is 0 Å². The van der Waals surface area contributed by atoms with Crippen molar-refractivity contribution >= 4 is 18.1 Å². The van der Waals surface area contributed by atoms with Gasteiger partial charge in [-0.05, 0) is 11.6 Å². The zero-order valence-corrected chi connectivity index (χ0v) is 7.34. The molecule has 2 heteroatoms. The summed E-state index contributed by atoms with van der Waals surface area (Å²) in [6.07, 6.45) is 0. The minimum absolute atomic E-state index is 0. The second-order valence-electron chi connectivity index (χ2n) is 2.57. The number of halogens is 1. The molecule has 62 valence electrons. The molecule has 2 rings (SSSR count). The maximum Gasteiger partial charge on any atom is 0.0393 e. The van der Waals surface area contributed by atoms with E-state index in [1.807, 2.05) is 30.3 Å². The van der Waals surface area contributed by atoms with Gasteiger partial charge < -0.3 is 5.73 Å². The summed E-state index contributed by atoms with van der Waals surface area (Å²) < 4.78 is 0. The Hall–Kier alpha value is -1.21. The second kappa shape index (κ2) is 3.46. The largest absolute Gasteiger partial charge is 0.398 e. The topological polar surface area (TPSA) is 26.0 Å². The number of nitrogen functional groups attached to an aromatic ring is 1. The lowest BCUT2D eigenvalue weighted by atomic mass is 10.2. The van der Waals surface area contributed by atoms with Crippen LogP contribution in [0, 0.1) is 0 Å². The summed E-state index contributed by atoms with van der Waals surface area (Å²) in [7, 11) is 0. The molecule has 0 spiro atoms. The van der Waals surface area contributed by atoms with Crippen molar-refractivity contribution in [3.63, 3.8) is 0 Å². The molecule has 0 aromatic heterocycles. The van der Waals surface area contributed by atoms with Crippen LogP contribution in [0.25, 0.3) is 11.1 Å². The lowest BCUT2D eigenvalue weighted by Gasteiger charge is -1.94. The predicted octanol–water partition coefficient (Wildman–Crippen LogP) is 2.80. The molecule has 0 fully saturated rings. The van der Waals surface area contributed by atoms with Gasteiger partial charge in [0, 0.05) is 11.3 Å². The first kappa shape index (κ1) is 8.88. The van der Waals surface area contributed by atoms with E-state index in [4.69, 9.17) is 5.73 Å². The van der Waals surface area contributed by atoms with Crippen molar-refractivity contribution in [3.05, 3.63) is 42.5 Å². The Morgan fingerprint density at radius 1 is 0.833 bits per heavy atom. The molecule has 12 heavy (non-hydrogen) atoms. The van der Waals surface area contributed by atoms with Crippen LogP contribution in [0.4, 0.5) is 5.69 Å². The van der Waals surface area contributed by atoms with Gasteiger partial charge >= 0.3 is 0 Å². The molecule has 2 N–H and O–H groups in total. The maximum absolute atomic E-state index is 5.78. The van der Waals surface area contributed by atoms with E-state index in [9.17, 15) is 0 Å². The smallest absolute Gasteiger partial charge is 0.0393 e. The predicted molar refractivity (Wildman–Crippen MR) is 54.7 cm³/mol. The zero-order chi connectivity index (χ0) is 7.68. The Kier molecular flexibility index (Phi) is 2.56. The summed E-state index contributed by atoms with van der Waals surface area (Å²) in [5.74, 6) is 0. The molecule has 2 aliphatic rings. The molecule has 2 aliphatic carbocycles. The van der Waals surface area contributed by atoms with Crippen molar-refractivity contribution in [2.24, 2.45) is 0 Å². The van der Waals surface area contributed by atoms with Gasteiger partial charge in [-0.1, -0.05) is 36.4 Å². The monoisotopic (exact) mass is 179 g/mol. The Morgan fingerprint density at radius 3 is 2.33 bits per heavy atom. The minimum Gasteiger partial charge on any atom is -0.398 e. The van der Waals surface area contributed by atoms with Crippen molar-refractivity contribution in [3.8, 4) is 11.1 Å². The summed E-state index contributed by atoms with van der Waals surface area (Å²) >= 11 is 0. The third kappa shape index (κ3) is 1.36. The van der Waals surface area contributed by atoms with Gasteiger partial charge in [-0.25, -0.2) is 0 Å². The van der Waals surface area contributed by atoms with E-state index in [-0.39, 0.29) is 12.4 Å². The summed E-state index contributed by atoms with van der Waals surface area (Å²) in [6, 6.07) is 14.0. The molecule has 1 nitrogen and oxygen atoms in total. The van der Waals surface area contributed by atoms with Gasteiger partial charge in [0.2, 0.25) is 0 Å². The fourth-order valence-electron chi connectivity index (χ4n) is 1.25. The molecular formula is C10H10ClN. The molecule has 0 saturated carbocycles. The summed E-state index contributed by atoms with van der Waals surface area (Å²) in [5.41, 5.74) is 8.96. The van der Waals surface area contributed by atoms with Crippen LogP contribution >= 0.6 is 12.4 Å². The van der Waals surface area contributed by atoms with E-state index in [2.05, 4.69) is 12.1 Å². The second-order valence-corrected chi connectivity index (χ2v) is 2.57.